The summed E-state index contributed by atoms with van der Waals surface area (Å²) in [6.45, 7) is 8.37. The maximum atomic E-state index is 4.63. The van der Waals surface area contributed by atoms with Crippen LogP contribution in [-0.4, -0.2) is 46.0 Å². The molecule has 0 radical (unpaired) electrons. The number of hydrogen-bond donors (Lipinski definition) is 1. The zero-order valence-corrected chi connectivity index (χ0v) is 12.8. The van der Waals surface area contributed by atoms with Crippen LogP contribution in [0.15, 0.2) is 6.07 Å². The van der Waals surface area contributed by atoms with Gasteiger partial charge in [0.1, 0.15) is 11.6 Å². The maximum absolute atomic E-state index is 4.63. The molecule has 0 spiro atoms. The van der Waals surface area contributed by atoms with E-state index in [1.54, 1.807) is 0 Å². The van der Waals surface area contributed by atoms with Gasteiger partial charge in [0.25, 0.3) is 0 Å². The average molecular weight is 280 g/mol. The molecule has 0 unspecified atom stereocenters. The van der Waals surface area contributed by atoms with Crippen LogP contribution in [0.4, 0.5) is 5.82 Å². The molecule has 0 aliphatic carbocycles. The van der Waals surface area contributed by atoms with Gasteiger partial charge in [0.2, 0.25) is 0 Å². The van der Waals surface area contributed by atoms with Gasteiger partial charge in [-0.15, -0.1) is 0 Å². The number of nitrogens with zero attached hydrogens (tertiary/aromatic N) is 3. The molecule has 0 aromatic carbocycles. The highest BCUT2D eigenvalue weighted by atomic mass is 32.2. The molecule has 0 saturated carbocycles. The van der Waals surface area contributed by atoms with Crippen molar-refractivity contribution >= 4 is 17.6 Å². The number of anilines is 1. The molecular formula is C14H24N4S. The van der Waals surface area contributed by atoms with Crippen LogP contribution in [0.2, 0.25) is 0 Å². The van der Waals surface area contributed by atoms with Crippen molar-refractivity contribution in [2.24, 2.45) is 0 Å². The molecule has 0 atom stereocenters. The number of aryl methyl sites for hydroxylation is 1. The normalized spacial score (nSPS) is 17.2. The van der Waals surface area contributed by atoms with Crippen molar-refractivity contribution in [1.82, 2.24) is 14.9 Å². The van der Waals surface area contributed by atoms with Crippen LogP contribution >= 0.6 is 11.8 Å². The van der Waals surface area contributed by atoms with Crippen molar-refractivity contribution in [2.45, 2.75) is 33.2 Å². The van der Waals surface area contributed by atoms with Crippen LogP contribution in [-0.2, 0) is 6.54 Å². The lowest BCUT2D eigenvalue weighted by Crippen LogP contribution is -2.26. The quantitative estimate of drug-likeness (QED) is 0.897. The van der Waals surface area contributed by atoms with E-state index in [0.29, 0.717) is 0 Å². The van der Waals surface area contributed by atoms with Gasteiger partial charge in [-0.05, 0) is 32.1 Å². The minimum Gasteiger partial charge on any atom is -0.370 e. The first-order valence-corrected chi connectivity index (χ1v) is 8.32. The second kappa shape index (κ2) is 7.70. The topological polar surface area (TPSA) is 41.1 Å². The van der Waals surface area contributed by atoms with Crippen molar-refractivity contribution in [2.75, 3.05) is 36.5 Å². The van der Waals surface area contributed by atoms with Crippen LogP contribution in [0.5, 0.6) is 0 Å². The molecule has 1 aromatic heterocycles. The molecule has 1 N–H and O–H groups in total. The van der Waals surface area contributed by atoms with Crippen LogP contribution in [0.25, 0.3) is 0 Å². The van der Waals surface area contributed by atoms with Crippen molar-refractivity contribution < 1.29 is 0 Å². The van der Waals surface area contributed by atoms with Gasteiger partial charge in [-0.3, -0.25) is 4.90 Å². The van der Waals surface area contributed by atoms with E-state index in [1.807, 2.05) is 13.0 Å². The van der Waals surface area contributed by atoms with Gasteiger partial charge in [-0.1, -0.05) is 6.92 Å². The Morgan fingerprint density at radius 3 is 3.05 bits per heavy atom. The highest BCUT2D eigenvalue weighted by Gasteiger charge is 2.12. The fraction of sp³-hybridized carbons (Fsp3) is 0.714. The second-order valence-electron chi connectivity index (χ2n) is 4.98. The molecule has 1 aromatic rings. The van der Waals surface area contributed by atoms with Crippen LogP contribution in [0.1, 0.15) is 31.3 Å². The molecule has 1 saturated heterocycles. The minimum absolute atomic E-state index is 0.878. The lowest BCUT2D eigenvalue weighted by molar-refractivity contribution is 0.280. The Morgan fingerprint density at radius 1 is 1.32 bits per heavy atom. The number of rotatable bonds is 5. The summed E-state index contributed by atoms with van der Waals surface area (Å²) in [6.07, 6.45) is 2.39. The molecule has 106 valence electrons. The highest BCUT2D eigenvalue weighted by molar-refractivity contribution is 7.99. The average Bonchev–Trinajstić information content (AvgIpc) is 2.64. The van der Waals surface area contributed by atoms with E-state index in [0.717, 1.165) is 43.4 Å². The summed E-state index contributed by atoms with van der Waals surface area (Å²) < 4.78 is 0. The Morgan fingerprint density at radius 2 is 2.21 bits per heavy atom. The van der Waals surface area contributed by atoms with Gasteiger partial charge >= 0.3 is 0 Å². The highest BCUT2D eigenvalue weighted by Crippen LogP contribution is 2.13. The number of nitrogens with one attached hydrogen (secondary N) is 1. The van der Waals surface area contributed by atoms with E-state index < -0.39 is 0 Å². The Labute approximate surface area is 120 Å². The molecule has 1 aliphatic heterocycles. The molecule has 0 amide bonds. The van der Waals surface area contributed by atoms with Crippen LogP contribution in [0.3, 0.4) is 0 Å². The number of aromatic nitrogens is 2. The first-order valence-electron chi connectivity index (χ1n) is 7.16. The molecule has 1 fully saturated rings. The van der Waals surface area contributed by atoms with Crippen molar-refractivity contribution in [3.05, 3.63) is 17.6 Å². The lowest BCUT2D eigenvalue weighted by atomic mass is 10.3. The van der Waals surface area contributed by atoms with E-state index in [2.05, 4.69) is 38.9 Å². The standard InChI is InChI=1S/C14H24N4S/c1-3-5-15-13-10-12(2)16-14(17-13)11-18-6-4-8-19-9-7-18/h10H,3-9,11H2,1-2H3,(H,15,16,17). The molecule has 0 bridgehead atoms. The molecule has 2 rings (SSSR count). The summed E-state index contributed by atoms with van der Waals surface area (Å²) >= 11 is 2.05. The summed E-state index contributed by atoms with van der Waals surface area (Å²) in [5.41, 5.74) is 1.05. The number of thioether (sulfide) groups is 1. The van der Waals surface area contributed by atoms with Gasteiger partial charge in [-0.25, -0.2) is 9.97 Å². The number of hydrogen-bond acceptors (Lipinski definition) is 5. The summed E-state index contributed by atoms with van der Waals surface area (Å²) in [7, 11) is 0. The van der Waals surface area contributed by atoms with Crippen molar-refractivity contribution in [1.29, 1.82) is 0 Å². The monoisotopic (exact) mass is 280 g/mol. The third-order valence-corrected chi connectivity index (χ3v) is 4.19. The van der Waals surface area contributed by atoms with Gasteiger partial charge in [0, 0.05) is 30.6 Å². The van der Waals surface area contributed by atoms with Crippen molar-refractivity contribution in [3.63, 3.8) is 0 Å². The third kappa shape index (κ3) is 4.99. The summed E-state index contributed by atoms with van der Waals surface area (Å²) in [6, 6.07) is 2.03. The lowest BCUT2D eigenvalue weighted by Gasteiger charge is -2.18. The third-order valence-electron chi connectivity index (χ3n) is 3.14. The first-order chi connectivity index (χ1) is 9.28. The predicted molar refractivity (Wildman–Crippen MR) is 82.8 cm³/mol. The molecule has 1 aliphatic rings. The SMILES string of the molecule is CCCNc1cc(C)nc(CN2CCCSCC2)n1. The van der Waals surface area contributed by atoms with Crippen molar-refractivity contribution in [3.8, 4) is 0 Å². The Kier molecular flexibility index (Phi) is 5.92. The van der Waals surface area contributed by atoms with E-state index in [4.69, 9.17) is 0 Å². The summed E-state index contributed by atoms with van der Waals surface area (Å²) in [4.78, 5) is 11.7. The van der Waals surface area contributed by atoms with Gasteiger partial charge in [0.05, 0.1) is 6.54 Å². The Balaban J connectivity index is 1.99. The van der Waals surface area contributed by atoms with E-state index in [9.17, 15) is 0 Å². The van der Waals surface area contributed by atoms with Gasteiger partial charge in [-0.2, -0.15) is 11.8 Å². The van der Waals surface area contributed by atoms with E-state index in [1.165, 1.54) is 24.5 Å². The zero-order valence-electron chi connectivity index (χ0n) is 12.0. The first kappa shape index (κ1) is 14.6. The van der Waals surface area contributed by atoms with Crippen LogP contribution < -0.4 is 5.32 Å². The zero-order chi connectivity index (χ0) is 13.5. The molecule has 4 nitrogen and oxygen atoms in total. The second-order valence-corrected chi connectivity index (χ2v) is 6.20. The largest absolute Gasteiger partial charge is 0.370 e. The predicted octanol–water partition coefficient (Wildman–Crippen LogP) is 2.55. The van der Waals surface area contributed by atoms with Crippen LogP contribution in [0, 0.1) is 6.92 Å². The summed E-state index contributed by atoms with van der Waals surface area (Å²) in [5.74, 6) is 4.43. The molecular weight excluding hydrogens is 256 g/mol. The minimum atomic E-state index is 0.878. The Hall–Kier alpha value is -0.810. The van der Waals surface area contributed by atoms with E-state index >= 15 is 0 Å². The fourth-order valence-corrected chi connectivity index (χ4v) is 3.12. The smallest absolute Gasteiger partial charge is 0.144 e. The van der Waals surface area contributed by atoms with Gasteiger partial charge in [0.15, 0.2) is 0 Å². The fourth-order valence-electron chi connectivity index (χ4n) is 2.20. The molecule has 5 heteroatoms. The van der Waals surface area contributed by atoms with E-state index in [-0.39, 0.29) is 0 Å². The summed E-state index contributed by atoms with van der Waals surface area (Å²) in [5, 5.41) is 3.35. The van der Waals surface area contributed by atoms with Gasteiger partial charge < -0.3 is 5.32 Å². The Bertz CT molecular complexity index is 389. The molecule has 19 heavy (non-hydrogen) atoms. The maximum Gasteiger partial charge on any atom is 0.144 e. The molecule has 2 heterocycles.